The molecule has 3 fully saturated rings. The summed E-state index contributed by atoms with van der Waals surface area (Å²) in [5.74, 6) is 0.00874. The van der Waals surface area contributed by atoms with E-state index in [0.29, 0.717) is 35.9 Å². The molecule has 1 aliphatic carbocycles. The van der Waals surface area contributed by atoms with Crippen molar-refractivity contribution in [1.29, 1.82) is 0 Å². The summed E-state index contributed by atoms with van der Waals surface area (Å²) in [6.07, 6.45) is 7.54. The van der Waals surface area contributed by atoms with Crippen LogP contribution in [0.3, 0.4) is 0 Å². The quantitative estimate of drug-likeness (QED) is 0.515. The minimum Gasteiger partial charge on any atom is -0.494 e. The molecule has 3 aliphatic rings. The molecule has 2 unspecified atom stereocenters. The van der Waals surface area contributed by atoms with Crippen LogP contribution in [0.4, 0.5) is 19.1 Å². The van der Waals surface area contributed by atoms with E-state index in [1.165, 1.54) is 18.6 Å². The Morgan fingerprint density at radius 3 is 2.50 bits per heavy atom. The van der Waals surface area contributed by atoms with Gasteiger partial charge in [-0.1, -0.05) is 6.07 Å². The molecule has 0 bridgehead atoms. The number of alkyl halides is 2. The number of piperidine rings is 1. The van der Waals surface area contributed by atoms with Gasteiger partial charge in [0.2, 0.25) is 11.9 Å². The Balaban J connectivity index is 1.01. The highest BCUT2D eigenvalue weighted by molar-refractivity contribution is 5.80. The van der Waals surface area contributed by atoms with Crippen LogP contribution in [0.25, 0.3) is 0 Å². The summed E-state index contributed by atoms with van der Waals surface area (Å²) in [5, 5.41) is 0. The summed E-state index contributed by atoms with van der Waals surface area (Å²) in [7, 11) is 1.60. The Hall–Kier alpha value is -3.04. The Bertz CT molecular complexity index is 1070. The van der Waals surface area contributed by atoms with Crippen molar-refractivity contribution in [1.82, 2.24) is 14.9 Å². The van der Waals surface area contributed by atoms with Crippen LogP contribution < -0.4 is 14.4 Å². The number of benzene rings is 1. The number of hydrogen-bond donors (Lipinski definition) is 0. The van der Waals surface area contributed by atoms with Crippen molar-refractivity contribution in [2.24, 2.45) is 17.8 Å². The fourth-order valence-corrected chi connectivity index (χ4v) is 5.34. The van der Waals surface area contributed by atoms with Gasteiger partial charge in [-0.15, -0.1) is 0 Å². The van der Waals surface area contributed by atoms with Crippen molar-refractivity contribution in [2.75, 3.05) is 44.8 Å². The Morgan fingerprint density at radius 2 is 1.86 bits per heavy atom. The van der Waals surface area contributed by atoms with Crippen LogP contribution in [0, 0.1) is 23.6 Å². The van der Waals surface area contributed by atoms with Gasteiger partial charge in [0, 0.05) is 19.2 Å². The van der Waals surface area contributed by atoms with Crippen molar-refractivity contribution in [3.63, 3.8) is 0 Å². The molecule has 3 heterocycles. The van der Waals surface area contributed by atoms with Crippen molar-refractivity contribution in [3.05, 3.63) is 42.0 Å². The van der Waals surface area contributed by atoms with Crippen LogP contribution in [0.2, 0.25) is 0 Å². The molecular weight excluding hydrogens is 473 g/mol. The third-order valence-corrected chi connectivity index (χ3v) is 7.58. The summed E-state index contributed by atoms with van der Waals surface area (Å²) in [6, 6.07) is 4.41. The monoisotopic (exact) mass is 504 g/mol. The highest BCUT2D eigenvalue weighted by Gasteiger charge is 2.46. The number of amides is 1. The van der Waals surface area contributed by atoms with Crippen LogP contribution in [0.1, 0.15) is 31.2 Å². The van der Waals surface area contributed by atoms with E-state index < -0.39 is 30.7 Å². The maximum atomic E-state index is 14.4. The number of carbonyl (C=O) groups is 1. The molecule has 7 nitrogen and oxygen atoms in total. The molecule has 1 saturated carbocycles. The Morgan fingerprint density at radius 1 is 1.14 bits per heavy atom. The average molecular weight is 505 g/mol. The Labute approximate surface area is 208 Å². The molecular formula is C26H31F3N4O3. The normalized spacial score (nSPS) is 23.2. The van der Waals surface area contributed by atoms with Crippen molar-refractivity contribution in [3.8, 4) is 11.5 Å². The minimum atomic E-state index is -2.82. The zero-order valence-electron chi connectivity index (χ0n) is 20.3. The summed E-state index contributed by atoms with van der Waals surface area (Å²) in [5.41, 5.74) is 0.191. The molecule has 5 rings (SSSR count). The third-order valence-electron chi connectivity index (χ3n) is 7.58. The van der Waals surface area contributed by atoms with Crippen molar-refractivity contribution >= 4 is 11.9 Å². The van der Waals surface area contributed by atoms with Gasteiger partial charge in [0.25, 0.3) is 5.92 Å². The largest absolute Gasteiger partial charge is 0.494 e. The van der Waals surface area contributed by atoms with Crippen LogP contribution in [0.15, 0.2) is 30.6 Å². The van der Waals surface area contributed by atoms with E-state index in [1.54, 1.807) is 25.6 Å². The SMILES string of the molecule is COc1cnc(N2CCC(C3CC3CCOc3ccc(CC(=O)N4CC(F)(F)C4)c(F)c3)CC2)nc1. The maximum Gasteiger partial charge on any atom is 0.282 e. The van der Waals surface area contributed by atoms with Gasteiger partial charge in [-0.3, -0.25) is 4.79 Å². The van der Waals surface area contributed by atoms with Crippen LogP contribution in [0.5, 0.6) is 11.5 Å². The van der Waals surface area contributed by atoms with Gasteiger partial charge in [0.05, 0.1) is 45.6 Å². The zero-order valence-corrected chi connectivity index (χ0v) is 20.3. The lowest BCUT2D eigenvalue weighted by atomic mass is 9.90. The first-order chi connectivity index (χ1) is 17.3. The first-order valence-corrected chi connectivity index (χ1v) is 12.5. The van der Waals surface area contributed by atoms with Gasteiger partial charge >= 0.3 is 0 Å². The number of aromatic nitrogens is 2. The first-order valence-electron chi connectivity index (χ1n) is 12.5. The third kappa shape index (κ3) is 5.68. The van der Waals surface area contributed by atoms with Gasteiger partial charge in [0.15, 0.2) is 5.75 Å². The van der Waals surface area contributed by atoms with E-state index in [0.717, 1.165) is 43.2 Å². The molecule has 0 spiro atoms. The molecule has 1 amide bonds. The Kier molecular flexibility index (Phi) is 6.94. The number of likely N-dealkylation sites (tertiary alicyclic amines) is 1. The van der Waals surface area contributed by atoms with Crippen molar-refractivity contribution < 1.29 is 27.4 Å². The van der Waals surface area contributed by atoms with E-state index in [-0.39, 0.29) is 12.0 Å². The molecule has 194 valence electrons. The van der Waals surface area contributed by atoms with Gasteiger partial charge in [0.1, 0.15) is 11.6 Å². The summed E-state index contributed by atoms with van der Waals surface area (Å²) in [6.45, 7) is 1.23. The van der Waals surface area contributed by atoms with Gasteiger partial charge in [-0.05, 0) is 55.1 Å². The number of rotatable bonds is 9. The molecule has 0 radical (unpaired) electrons. The molecule has 2 saturated heterocycles. The molecule has 2 aromatic rings. The summed E-state index contributed by atoms with van der Waals surface area (Å²) >= 11 is 0. The number of nitrogens with zero attached hydrogens (tertiary/aromatic N) is 4. The smallest absolute Gasteiger partial charge is 0.282 e. The van der Waals surface area contributed by atoms with Crippen LogP contribution >= 0.6 is 0 Å². The highest BCUT2D eigenvalue weighted by Crippen LogP contribution is 2.49. The molecule has 1 aromatic heterocycles. The lowest BCUT2D eigenvalue weighted by Gasteiger charge is -2.38. The molecule has 1 aromatic carbocycles. The second-order valence-electron chi connectivity index (χ2n) is 10.1. The number of methoxy groups -OCH3 is 1. The molecule has 2 atom stereocenters. The lowest BCUT2D eigenvalue weighted by molar-refractivity contribution is -0.165. The first kappa shape index (κ1) is 24.6. The summed E-state index contributed by atoms with van der Waals surface area (Å²) < 4.78 is 51.2. The van der Waals surface area contributed by atoms with E-state index in [1.807, 2.05) is 0 Å². The fraction of sp³-hybridized carbons (Fsp3) is 0.577. The number of carbonyl (C=O) groups excluding carboxylic acids is 1. The van der Waals surface area contributed by atoms with E-state index in [4.69, 9.17) is 9.47 Å². The van der Waals surface area contributed by atoms with Gasteiger partial charge in [-0.2, -0.15) is 0 Å². The van der Waals surface area contributed by atoms with E-state index >= 15 is 0 Å². The van der Waals surface area contributed by atoms with E-state index in [9.17, 15) is 18.0 Å². The second kappa shape index (κ2) is 10.1. The molecule has 2 aliphatic heterocycles. The minimum absolute atomic E-state index is 0.191. The molecule has 10 heteroatoms. The standard InChI is InChI=1S/C26H31F3N4O3/c1-35-21-13-30-25(31-14-21)32-7-4-17(5-8-32)22-10-18(22)6-9-36-20-3-2-19(23(27)12-20)11-24(34)33-15-26(28,29)16-33/h2-3,12-14,17-18,22H,4-11,15-16H2,1H3. The zero-order chi connectivity index (χ0) is 25.3. The van der Waals surface area contributed by atoms with Crippen LogP contribution in [-0.4, -0.2) is 66.6 Å². The molecule has 36 heavy (non-hydrogen) atoms. The van der Waals surface area contributed by atoms with E-state index in [2.05, 4.69) is 14.9 Å². The van der Waals surface area contributed by atoms with Gasteiger partial charge < -0.3 is 19.3 Å². The van der Waals surface area contributed by atoms with Crippen LogP contribution in [-0.2, 0) is 11.2 Å². The fourth-order valence-electron chi connectivity index (χ4n) is 5.34. The average Bonchev–Trinajstić information content (AvgIpc) is 3.64. The van der Waals surface area contributed by atoms with Crippen molar-refractivity contribution in [2.45, 2.75) is 38.0 Å². The predicted molar refractivity (Wildman–Crippen MR) is 127 cm³/mol. The summed E-state index contributed by atoms with van der Waals surface area (Å²) in [4.78, 5) is 24.1. The topological polar surface area (TPSA) is 67.8 Å². The number of ether oxygens (including phenoxy) is 2. The second-order valence-corrected chi connectivity index (χ2v) is 10.1. The highest BCUT2D eigenvalue weighted by atomic mass is 19.3. The number of halogens is 3. The maximum absolute atomic E-state index is 14.4. The number of anilines is 1. The number of hydrogen-bond acceptors (Lipinski definition) is 6. The molecule has 0 N–H and O–H groups in total. The predicted octanol–water partition coefficient (Wildman–Crippen LogP) is 3.97. The van der Waals surface area contributed by atoms with Gasteiger partial charge in [-0.25, -0.2) is 23.1 Å². The lowest BCUT2D eigenvalue weighted by Crippen LogP contribution is -2.58.